The molecule has 0 bridgehead atoms. The van der Waals surface area contributed by atoms with Crippen LogP contribution in [0.3, 0.4) is 0 Å². The van der Waals surface area contributed by atoms with Crippen LogP contribution in [0, 0.1) is 0 Å². The van der Waals surface area contributed by atoms with E-state index in [-0.39, 0.29) is 12.3 Å². The topological polar surface area (TPSA) is 104 Å². The molecular weight excluding hydrogens is 250 g/mol. The van der Waals surface area contributed by atoms with E-state index in [1.54, 1.807) is 12.1 Å². The van der Waals surface area contributed by atoms with E-state index in [2.05, 4.69) is 0 Å². The molecule has 0 fully saturated rings. The quantitative estimate of drug-likeness (QED) is 0.486. The standard InChI is InChI=1S/C13H21NO5/c1-4-9-5-6-11(15)10(7-9)8-14(12(2,16)17)13(3,18)19/h5-7,15-19H,4,8H2,1-3H3. The number of phenolic OH excluding ortho intramolecular Hbond substituents is 1. The number of aromatic hydroxyl groups is 1. The van der Waals surface area contributed by atoms with Gasteiger partial charge in [0.05, 0.1) is 0 Å². The van der Waals surface area contributed by atoms with E-state index in [0.717, 1.165) is 25.8 Å². The van der Waals surface area contributed by atoms with Gasteiger partial charge in [-0.25, -0.2) is 0 Å². The Hall–Kier alpha value is -1.18. The Bertz CT molecular complexity index is 420. The van der Waals surface area contributed by atoms with E-state index in [9.17, 15) is 25.5 Å². The molecule has 0 atom stereocenters. The van der Waals surface area contributed by atoms with Gasteiger partial charge in [0.2, 0.25) is 11.8 Å². The van der Waals surface area contributed by atoms with Gasteiger partial charge in [-0.1, -0.05) is 19.1 Å². The second kappa shape index (κ2) is 5.44. The summed E-state index contributed by atoms with van der Waals surface area (Å²) in [6.45, 7) is 3.74. The van der Waals surface area contributed by atoms with Crippen LogP contribution in [0.1, 0.15) is 31.9 Å². The maximum atomic E-state index is 9.76. The van der Waals surface area contributed by atoms with Crippen molar-refractivity contribution in [3.05, 3.63) is 29.3 Å². The van der Waals surface area contributed by atoms with Crippen LogP contribution in [0.2, 0.25) is 0 Å². The monoisotopic (exact) mass is 271 g/mol. The van der Waals surface area contributed by atoms with Crippen molar-refractivity contribution in [2.24, 2.45) is 0 Å². The molecule has 6 heteroatoms. The van der Waals surface area contributed by atoms with Gasteiger partial charge in [-0.15, -0.1) is 0 Å². The number of aryl methyl sites for hydroxylation is 1. The molecule has 0 unspecified atom stereocenters. The molecule has 1 rings (SSSR count). The van der Waals surface area contributed by atoms with Gasteiger partial charge in [0.25, 0.3) is 0 Å². The van der Waals surface area contributed by atoms with Gasteiger partial charge in [-0.05, 0) is 18.1 Å². The molecule has 1 aromatic carbocycles. The fourth-order valence-electron chi connectivity index (χ4n) is 1.86. The Morgan fingerprint density at radius 2 is 1.58 bits per heavy atom. The van der Waals surface area contributed by atoms with Crippen LogP contribution in [0.5, 0.6) is 5.75 Å². The smallest absolute Gasteiger partial charge is 0.226 e. The van der Waals surface area contributed by atoms with E-state index < -0.39 is 11.8 Å². The zero-order valence-electron chi connectivity index (χ0n) is 11.3. The molecular formula is C13H21NO5. The third-order valence-corrected chi connectivity index (χ3v) is 2.90. The van der Waals surface area contributed by atoms with Gasteiger partial charge < -0.3 is 25.5 Å². The van der Waals surface area contributed by atoms with Crippen LogP contribution in [-0.4, -0.2) is 42.3 Å². The number of phenols is 1. The Kier molecular flexibility index (Phi) is 4.54. The van der Waals surface area contributed by atoms with Crippen LogP contribution < -0.4 is 0 Å². The minimum atomic E-state index is -2.44. The zero-order chi connectivity index (χ0) is 14.8. The molecule has 0 saturated carbocycles. The normalized spacial score (nSPS) is 13.1. The zero-order valence-corrected chi connectivity index (χ0v) is 11.3. The molecule has 0 aliphatic heterocycles. The molecule has 5 N–H and O–H groups in total. The highest BCUT2D eigenvalue weighted by Crippen LogP contribution is 2.26. The van der Waals surface area contributed by atoms with Gasteiger partial charge in [0.1, 0.15) is 5.75 Å². The average Bonchev–Trinajstić information content (AvgIpc) is 2.24. The number of aliphatic hydroxyl groups is 4. The van der Waals surface area contributed by atoms with Crippen LogP contribution in [0.4, 0.5) is 0 Å². The molecule has 0 aromatic heterocycles. The minimum Gasteiger partial charge on any atom is -0.508 e. The van der Waals surface area contributed by atoms with E-state index >= 15 is 0 Å². The van der Waals surface area contributed by atoms with Gasteiger partial charge in [-0.3, -0.25) is 0 Å². The second-order valence-corrected chi connectivity index (χ2v) is 4.84. The summed E-state index contributed by atoms with van der Waals surface area (Å²) in [5.41, 5.74) is 1.32. The molecule has 6 nitrogen and oxygen atoms in total. The maximum Gasteiger partial charge on any atom is 0.226 e. The Morgan fingerprint density at radius 1 is 1.05 bits per heavy atom. The summed E-state index contributed by atoms with van der Waals surface area (Å²) in [4.78, 5) is 0.647. The first-order valence-electron chi connectivity index (χ1n) is 6.03. The molecule has 0 amide bonds. The van der Waals surface area contributed by atoms with Crippen LogP contribution >= 0.6 is 0 Å². The fourth-order valence-corrected chi connectivity index (χ4v) is 1.86. The molecule has 0 heterocycles. The first-order valence-corrected chi connectivity index (χ1v) is 6.03. The largest absolute Gasteiger partial charge is 0.508 e. The lowest BCUT2D eigenvalue weighted by molar-refractivity contribution is -0.374. The summed E-state index contributed by atoms with van der Waals surface area (Å²) in [5.74, 6) is -4.92. The number of benzene rings is 1. The van der Waals surface area contributed by atoms with Crippen LogP contribution in [0.15, 0.2) is 18.2 Å². The maximum absolute atomic E-state index is 9.76. The highest BCUT2D eigenvalue weighted by molar-refractivity contribution is 5.36. The number of hydrogen-bond donors (Lipinski definition) is 5. The highest BCUT2D eigenvalue weighted by Gasteiger charge is 2.39. The summed E-state index contributed by atoms with van der Waals surface area (Å²) in [6.07, 6.45) is 0.748. The molecule has 0 spiro atoms. The molecule has 0 aliphatic carbocycles. The van der Waals surface area contributed by atoms with Crippen molar-refractivity contribution in [2.45, 2.75) is 45.6 Å². The first-order chi connectivity index (χ1) is 8.55. The summed E-state index contributed by atoms with van der Waals surface area (Å²) in [6, 6.07) is 4.92. The molecule has 108 valence electrons. The highest BCUT2D eigenvalue weighted by atomic mass is 16.6. The average molecular weight is 271 g/mol. The van der Waals surface area contributed by atoms with Crippen molar-refractivity contribution in [2.75, 3.05) is 0 Å². The molecule has 1 aromatic rings. The summed E-state index contributed by atoms with van der Waals surface area (Å²) in [7, 11) is 0. The van der Waals surface area contributed by atoms with Gasteiger partial charge >= 0.3 is 0 Å². The first kappa shape index (κ1) is 15.9. The van der Waals surface area contributed by atoms with E-state index in [1.165, 1.54) is 6.07 Å². The predicted octanol–water partition coefficient (Wildman–Crippen LogP) is 0.0732. The lowest BCUT2D eigenvalue weighted by Crippen LogP contribution is -2.57. The van der Waals surface area contributed by atoms with Crippen molar-refractivity contribution in [3.8, 4) is 5.75 Å². The number of nitrogens with zero attached hydrogens (tertiary/aromatic N) is 1. The van der Waals surface area contributed by atoms with E-state index in [4.69, 9.17) is 0 Å². The van der Waals surface area contributed by atoms with E-state index in [0.29, 0.717) is 10.5 Å². The Morgan fingerprint density at radius 3 is 2.00 bits per heavy atom. The SMILES string of the molecule is CCc1ccc(O)c(CN(C(C)(O)O)C(C)(O)O)c1. The molecule has 0 aliphatic rings. The predicted molar refractivity (Wildman–Crippen MR) is 68.7 cm³/mol. The van der Waals surface area contributed by atoms with Crippen molar-refractivity contribution >= 4 is 0 Å². The summed E-state index contributed by atoms with van der Waals surface area (Å²) < 4.78 is 0. The minimum absolute atomic E-state index is 0.0456. The van der Waals surface area contributed by atoms with Crippen molar-refractivity contribution in [1.82, 2.24) is 4.90 Å². The summed E-state index contributed by atoms with van der Waals surface area (Å²) in [5, 5.41) is 48.0. The molecule has 19 heavy (non-hydrogen) atoms. The van der Waals surface area contributed by atoms with Crippen molar-refractivity contribution < 1.29 is 25.5 Å². The number of hydrogen-bond acceptors (Lipinski definition) is 6. The van der Waals surface area contributed by atoms with E-state index in [1.807, 2.05) is 6.92 Å². The lowest BCUT2D eigenvalue weighted by atomic mass is 10.1. The van der Waals surface area contributed by atoms with Gasteiger partial charge in [0.15, 0.2) is 0 Å². The Balaban J connectivity index is 3.10. The fraction of sp³-hybridized carbons (Fsp3) is 0.538. The lowest BCUT2D eigenvalue weighted by Gasteiger charge is -2.39. The van der Waals surface area contributed by atoms with Crippen LogP contribution in [0.25, 0.3) is 0 Å². The van der Waals surface area contributed by atoms with Crippen LogP contribution in [-0.2, 0) is 13.0 Å². The van der Waals surface area contributed by atoms with Crippen molar-refractivity contribution in [3.63, 3.8) is 0 Å². The second-order valence-electron chi connectivity index (χ2n) is 4.84. The van der Waals surface area contributed by atoms with Gasteiger partial charge in [0, 0.05) is 26.0 Å². The molecule has 0 saturated heterocycles. The van der Waals surface area contributed by atoms with Gasteiger partial charge in [-0.2, -0.15) is 4.90 Å². The molecule has 0 radical (unpaired) electrons. The third kappa shape index (κ3) is 4.15. The number of rotatable bonds is 5. The Labute approximate surface area is 112 Å². The third-order valence-electron chi connectivity index (χ3n) is 2.90. The van der Waals surface area contributed by atoms with Crippen molar-refractivity contribution in [1.29, 1.82) is 0 Å². The summed E-state index contributed by atoms with van der Waals surface area (Å²) >= 11 is 0.